The number of halogens is 1. The Hall–Kier alpha value is -2.12. The number of para-hydroxylation sites is 1. The van der Waals surface area contributed by atoms with Crippen LogP contribution in [0.25, 0.3) is 10.9 Å². The van der Waals surface area contributed by atoms with Gasteiger partial charge in [0, 0.05) is 5.39 Å². The van der Waals surface area contributed by atoms with Gasteiger partial charge in [-0.15, -0.1) is 0 Å². The molecule has 18 heavy (non-hydrogen) atoms. The number of rotatable bonds is 2. The van der Waals surface area contributed by atoms with E-state index in [-0.39, 0.29) is 5.15 Å². The van der Waals surface area contributed by atoms with E-state index in [0.29, 0.717) is 16.5 Å². The average molecular weight is 261 g/mol. The summed E-state index contributed by atoms with van der Waals surface area (Å²) in [5.74, 6) is -0.579. The van der Waals surface area contributed by atoms with Crippen LogP contribution in [-0.2, 0) is 4.74 Å². The maximum absolute atomic E-state index is 11.9. The number of hydrogen-bond acceptors (Lipinski definition) is 4. The number of nitrogens with zero attached hydrogens (tertiary/aromatic N) is 2. The van der Waals surface area contributed by atoms with Crippen LogP contribution in [0.3, 0.4) is 0 Å². The predicted molar refractivity (Wildman–Crippen MR) is 67.2 cm³/mol. The van der Waals surface area contributed by atoms with E-state index in [1.54, 1.807) is 24.3 Å². The molecule has 0 aliphatic heterocycles. The molecule has 0 aliphatic rings. The first-order valence-corrected chi connectivity index (χ1v) is 5.65. The van der Waals surface area contributed by atoms with Gasteiger partial charge in [0.2, 0.25) is 0 Å². The lowest BCUT2D eigenvalue weighted by molar-refractivity contribution is 0.0438. The van der Waals surface area contributed by atoms with Gasteiger partial charge in [-0.1, -0.05) is 29.8 Å². The topological polar surface area (TPSA) is 63.0 Å². The second kappa shape index (κ2) is 5.03. The number of aromatic nitrogens is 1. The van der Waals surface area contributed by atoms with Crippen LogP contribution in [-0.4, -0.2) is 17.1 Å². The molecule has 2 rings (SSSR count). The second-order valence-corrected chi connectivity index (χ2v) is 4.07. The van der Waals surface area contributed by atoms with E-state index in [9.17, 15) is 4.79 Å². The van der Waals surface area contributed by atoms with Crippen molar-refractivity contribution in [3.8, 4) is 6.07 Å². The summed E-state index contributed by atoms with van der Waals surface area (Å²) in [4.78, 5) is 16.0. The van der Waals surface area contributed by atoms with Crippen molar-refractivity contribution in [2.45, 2.75) is 13.0 Å². The molecule has 1 aromatic heterocycles. The highest BCUT2D eigenvalue weighted by molar-refractivity contribution is 6.30. The van der Waals surface area contributed by atoms with Gasteiger partial charge in [0.05, 0.1) is 11.1 Å². The fraction of sp³-hybridized carbons (Fsp3) is 0.154. The fourth-order valence-electron chi connectivity index (χ4n) is 1.56. The third-order valence-electron chi connectivity index (χ3n) is 2.37. The van der Waals surface area contributed by atoms with Gasteiger partial charge in [0.1, 0.15) is 11.2 Å². The lowest BCUT2D eigenvalue weighted by atomic mass is 10.1. The van der Waals surface area contributed by atoms with E-state index in [2.05, 4.69) is 4.98 Å². The molecule has 0 saturated carbocycles. The minimum atomic E-state index is -0.803. The van der Waals surface area contributed by atoms with Gasteiger partial charge < -0.3 is 4.74 Å². The number of pyridine rings is 1. The molecule has 0 fully saturated rings. The van der Waals surface area contributed by atoms with Gasteiger partial charge in [-0.05, 0) is 19.1 Å². The van der Waals surface area contributed by atoms with E-state index in [4.69, 9.17) is 21.6 Å². The first-order valence-electron chi connectivity index (χ1n) is 5.27. The highest BCUT2D eigenvalue weighted by Gasteiger charge is 2.16. The Labute approximate surface area is 109 Å². The fourth-order valence-corrected chi connectivity index (χ4v) is 1.76. The largest absolute Gasteiger partial charge is 0.444 e. The molecule has 0 bridgehead atoms. The molecule has 1 aromatic carbocycles. The highest BCUT2D eigenvalue weighted by Crippen LogP contribution is 2.21. The zero-order chi connectivity index (χ0) is 13.1. The number of esters is 1. The van der Waals surface area contributed by atoms with E-state index >= 15 is 0 Å². The summed E-state index contributed by atoms with van der Waals surface area (Å²) in [6, 6.07) is 10.4. The minimum Gasteiger partial charge on any atom is -0.444 e. The first-order chi connectivity index (χ1) is 8.61. The standard InChI is InChI=1S/C13H9ClN2O2/c1-8(7-15)18-13(17)10-6-12(14)16-11-5-3-2-4-9(10)11/h2-6,8H,1H3/t8-/m0/s1. The average Bonchev–Trinajstić information content (AvgIpc) is 2.37. The smallest absolute Gasteiger partial charge is 0.340 e. The molecule has 0 N–H and O–H groups in total. The Kier molecular flexibility index (Phi) is 3.45. The van der Waals surface area contributed by atoms with Gasteiger partial charge in [0.15, 0.2) is 6.10 Å². The summed E-state index contributed by atoms with van der Waals surface area (Å²) in [6.45, 7) is 1.50. The zero-order valence-electron chi connectivity index (χ0n) is 9.55. The Morgan fingerprint density at radius 2 is 2.22 bits per heavy atom. The SMILES string of the molecule is C[C@@H](C#N)OC(=O)c1cc(Cl)nc2ccccc12. The molecule has 90 valence electrons. The molecule has 0 unspecified atom stereocenters. The number of nitriles is 1. The van der Waals surface area contributed by atoms with Gasteiger partial charge in [-0.3, -0.25) is 0 Å². The summed E-state index contributed by atoms with van der Waals surface area (Å²) in [5, 5.41) is 9.50. The van der Waals surface area contributed by atoms with E-state index in [1.165, 1.54) is 13.0 Å². The molecule has 4 nitrogen and oxygen atoms in total. The van der Waals surface area contributed by atoms with Crippen LogP contribution < -0.4 is 0 Å². The molecule has 0 spiro atoms. The number of carbonyl (C=O) groups excluding carboxylic acids is 1. The maximum Gasteiger partial charge on any atom is 0.340 e. The van der Waals surface area contributed by atoms with Crippen LogP contribution in [0.2, 0.25) is 5.15 Å². The summed E-state index contributed by atoms with van der Waals surface area (Å²) in [6.07, 6.45) is -0.803. The zero-order valence-corrected chi connectivity index (χ0v) is 10.3. The van der Waals surface area contributed by atoms with E-state index in [1.807, 2.05) is 6.07 Å². The van der Waals surface area contributed by atoms with Crippen molar-refractivity contribution < 1.29 is 9.53 Å². The predicted octanol–water partition coefficient (Wildman–Crippen LogP) is 2.96. The van der Waals surface area contributed by atoms with Crippen molar-refractivity contribution >= 4 is 28.5 Å². The molecule has 0 amide bonds. The van der Waals surface area contributed by atoms with Gasteiger partial charge in [0.25, 0.3) is 0 Å². The maximum atomic E-state index is 11.9. The normalized spacial score (nSPS) is 11.8. The molecule has 0 radical (unpaired) electrons. The summed E-state index contributed by atoms with van der Waals surface area (Å²) >= 11 is 5.85. The van der Waals surface area contributed by atoms with Crippen molar-refractivity contribution in [2.24, 2.45) is 0 Å². The van der Waals surface area contributed by atoms with E-state index in [0.717, 1.165) is 0 Å². The number of carbonyl (C=O) groups is 1. The lowest BCUT2D eigenvalue weighted by Gasteiger charge is -2.08. The third kappa shape index (κ3) is 2.41. The van der Waals surface area contributed by atoms with E-state index < -0.39 is 12.1 Å². The number of benzene rings is 1. The van der Waals surface area contributed by atoms with Crippen molar-refractivity contribution in [3.05, 3.63) is 41.0 Å². The van der Waals surface area contributed by atoms with Crippen molar-refractivity contribution in [3.63, 3.8) is 0 Å². The number of fused-ring (bicyclic) bond motifs is 1. The summed E-state index contributed by atoms with van der Waals surface area (Å²) in [7, 11) is 0. The molecular formula is C13H9ClN2O2. The lowest BCUT2D eigenvalue weighted by Crippen LogP contribution is -2.13. The van der Waals surface area contributed by atoms with Crippen molar-refractivity contribution in [1.29, 1.82) is 5.26 Å². The Balaban J connectivity index is 2.50. The Bertz CT molecular complexity index is 649. The summed E-state index contributed by atoms with van der Waals surface area (Å²) in [5.41, 5.74) is 0.925. The van der Waals surface area contributed by atoms with Gasteiger partial charge >= 0.3 is 5.97 Å². The molecule has 2 aromatic rings. The third-order valence-corrected chi connectivity index (χ3v) is 2.56. The van der Waals surface area contributed by atoms with Crippen LogP contribution in [0.5, 0.6) is 0 Å². The molecule has 1 heterocycles. The van der Waals surface area contributed by atoms with Crippen molar-refractivity contribution in [1.82, 2.24) is 4.98 Å². The highest BCUT2D eigenvalue weighted by atomic mass is 35.5. The van der Waals surface area contributed by atoms with Crippen LogP contribution in [0.4, 0.5) is 0 Å². The Morgan fingerprint density at radius 3 is 2.94 bits per heavy atom. The Morgan fingerprint density at radius 1 is 1.50 bits per heavy atom. The first kappa shape index (κ1) is 12.3. The van der Waals surface area contributed by atoms with Gasteiger partial charge in [-0.25, -0.2) is 9.78 Å². The van der Waals surface area contributed by atoms with Gasteiger partial charge in [-0.2, -0.15) is 5.26 Å². The van der Waals surface area contributed by atoms with Crippen LogP contribution >= 0.6 is 11.6 Å². The quantitative estimate of drug-likeness (QED) is 0.615. The summed E-state index contributed by atoms with van der Waals surface area (Å²) < 4.78 is 4.96. The molecule has 0 aliphatic carbocycles. The number of ether oxygens (including phenoxy) is 1. The molecule has 0 saturated heterocycles. The van der Waals surface area contributed by atoms with Crippen molar-refractivity contribution in [2.75, 3.05) is 0 Å². The molecule has 1 atom stereocenters. The second-order valence-electron chi connectivity index (χ2n) is 3.69. The molecular weight excluding hydrogens is 252 g/mol. The van der Waals surface area contributed by atoms with Crippen LogP contribution in [0.1, 0.15) is 17.3 Å². The monoisotopic (exact) mass is 260 g/mol. The number of hydrogen-bond donors (Lipinski definition) is 0. The minimum absolute atomic E-state index is 0.213. The molecule has 5 heteroatoms. The van der Waals surface area contributed by atoms with Crippen LogP contribution in [0.15, 0.2) is 30.3 Å². The van der Waals surface area contributed by atoms with Crippen LogP contribution in [0, 0.1) is 11.3 Å².